The highest BCUT2D eigenvalue weighted by atomic mass is 127. The van der Waals surface area contributed by atoms with E-state index < -0.39 is 0 Å². The summed E-state index contributed by atoms with van der Waals surface area (Å²) in [4.78, 5) is 29.3. The normalized spacial score (nSPS) is 14.7. The van der Waals surface area contributed by atoms with Gasteiger partial charge in [-0.1, -0.05) is 11.6 Å². The van der Waals surface area contributed by atoms with Crippen LogP contribution in [0.2, 0.25) is 5.02 Å². The van der Waals surface area contributed by atoms with Crippen LogP contribution in [-0.2, 0) is 9.59 Å². The molecule has 0 unspecified atom stereocenters. The number of hydrogen-bond acceptors (Lipinski definition) is 4. The Morgan fingerprint density at radius 2 is 2.35 bits per heavy atom. The SMILES string of the molecule is O=C1CN(C(=O)COc2c(I)cc(Cl)c3cccnc23)CCN1. The number of fused-ring (bicyclic) bond motifs is 1. The largest absolute Gasteiger partial charge is 0.480 e. The molecule has 2 heterocycles. The molecular formula is C15H13ClIN3O3. The van der Waals surface area contributed by atoms with Crippen molar-refractivity contribution in [2.45, 2.75) is 0 Å². The number of amides is 2. The van der Waals surface area contributed by atoms with Crippen molar-refractivity contribution in [3.63, 3.8) is 0 Å². The number of piperazine rings is 1. The third kappa shape index (κ3) is 3.50. The summed E-state index contributed by atoms with van der Waals surface area (Å²) < 4.78 is 6.48. The molecular weight excluding hydrogens is 433 g/mol. The van der Waals surface area contributed by atoms with Crippen LogP contribution in [0.4, 0.5) is 0 Å². The van der Waals surface area contributed by atoms with Crippen molar-refractivity contribution in [1.82, 2.24) is 15.2 Å². The summed E-state index contributed by atoms with van der Waals surface area (Å²) in [7, 11) is 0. The number of carbonyl (C=O) groups is 2. The number of nitrogens with one attached hydrogen (secondary N) is 1. The number of hydrogen-bond donors (Lipinski definition) is 1. The predicted molar refractivity (Wildman–Crippen MR) is 94.6 cm³/mol. The highest BCUT2D eigenvalue weighted by molar-refractivity contribution is 14.1. The standard InChI is InChI=1S/C15H13ClIN3O3/c16-10-6-11(17)15(14-9(10)2-1-3-19-14)23-8-13(22)20-5-4-18-12(21)7-20/h1-3,6H,4-5,7-8H2,(H,18,21). The van der Waals surface area contributed by atoms with Crippen molar-refractivity contribution in [2.75, 3.05) is 26.2 Å². The number of pyridine rings is 1. The third-order valence-electron chi connectivity index (χ3n) is 3.48. The van der Waals surface area contributed by atoms with Gasteiger partial charge in [-0.3, -0.25) is 14.6 Å². The minimum atomic E-state index is -0.227. The molecule has 8 heteroatoms. The lowest BCUT2D eigenvalue weighted by molar-refractivity contribution is -0.139. The first-order chi connectivity index (χ1) is 11.1. The molecule has 1 fully saturated rings. The summed E-state index contributed by atoms with van der Waals surface area (Å²) in [5.41, 5.74) is 0.619. The Hall–Kier alpha value is -1.61. The van der Waals surface area contributed by atoms with Crippen LogP contribution >= 0.6 is 34.2 Å². The molecule has 0 bridgehead atoms. The summed E-state index contributed by atoms with van der Waals surface area (Å²) in [5.74, 6) is 0.146. The van der Waals surface area contributed by atoms with E-state index >= 15 is 0 Å². The number of rotatable bonds is 3. The highest BCUT2D eigenvalue weighted by Crippen LogP contribution is 2.34. The third-order valence-corrected chi connectivity index (χ3v) is 4.60. The summed E-state index contributed by atoms with van der Waals surface area (Å²) in [6, 6.07) is 5.42. The summed E-state index contributed by atoms with van der Waals surface area (Å²) >= 11 is 8.31. The Balaban J connectivity index is 1.79. The molecule has 1 aliphatic rings. The van der Waals surface area contributed by atoms with Crippen molar-refractivity contribution in [1.29, 1.82) is 0 Å². The molecule has 1 N–H and O–H groups in total. The van der Waals surface area contributed by atoms with Gasteiger partial charge in [0, 0.05) is 24.7 Å². The van der Waals surface area contributed by atoms with Gasteiger partial charge in [0.1, 0.15) is 5.52 Å². The fourth-order valence-electron chi connectivity index (χ4n) is 2.36. The lowest BCUT2D eigenvalue weighted by Crippen LogP contribution is -2.51. The number of halogens is 2. The number of aromatic nitrogens is 1. The molecule has 0 spiro atoms. The van der Waals surface area contributed by atoms with Crippen molar-refractivity contribution in [3.8, 4) is 5.75 Å². The summed E-state index contributed by atoms with van der Waals surface area (Å²) in [6.45, 7) is 0.883. The predicted octanol–water partition coefficient (Wildman–Crippen LogP) is 1.83. The van der Waals surface area contributed by atoms with E-state index in [9.17, 15) is 9.59 Å². The van der Waals surface area contributed by atoms with Crippen LogP contribution in [0.25, 0.3) is 10.9 Å². The number of carbonyl (C=O) groups excluding carboxylic acids is 2. The van der Waals surface area contributed by atoms with Gasteiger partial charge in [0.25, 0.3) is 5.91 Å². The van der Waals surface area contributed by atoms with Crippen LogP contribution < -0.4 is 10.1 Å². The van der Waals surface area contributed by atoms with Gasteiger partial charge in [0.15, 0.2) is 12.4 Å². The van der Waals surface area contributed by atoms with E-state index in [-0.39, 0.29) is 25.0 Å². The van der Waals surface area contributed by atoms with Gasteiger partial charge in [0.2, 0.25) is 5.91 Å². The summed E-state index contributed by atoms with van der Waals surface area (Å²) in [5, 5.41) is 4.04. The Bertz CT molecular complexity index is 784. The van der Waals surface area contributed by atoms with Crippen molar-refractivity contribution in [2.24, 2.45) is 0 Å². The van der Waals surface area contributed by atoms with Gasteiger partial charge in [-0.25, -0.2) is 0 Å². The van der Waals surface area contributed by atoms with Crippen molar-refractivity contribution in [3.05, 3.63) is 33.0 Å². The van der Waals surface area contributed by atoms with E-state index in [0.717, 1.165) is 8.96 Å². The molecule has 0 atom stereocenters. The molecule has 1 aliphatic heterocycles. The van der Waals surface area contributed by atoms with E-state index in [4.69, 9.17) is 16.3 Å². The number of ether oxygens (including phenoxy) is 1. The molecule has 23 heavy (non-hydrogen) atoms. The van der Waals surface area contributed by atoms with Crippen LogP contribution in [0, 0.1) is 3.57 Å². The molecule has 3 rings (SSSR count). The second kappa shape index (κ2) is 6.88. The molecule has 1 aromatic carbocycles. The van der Waals surface area contributed by atoms with E-state index in [1.807, 2.05) is 6.07 Å². The maximum absolute atomic E-state index is 12.2. The smallest absolute Gasteiger partial charge is 0.261 e. The van der Waals surface area contributed by atoms with E-state index in [0.29, 0.717) is 29.4 Å². The quantitative estimate of drug-likeness (QED) is 0.732. The van der Waals surface area contributed by atoms with Gasteiger partial charge in [-0.2, -0.15) is 0 Å². The Labute approximate surface area is 151 Å². The first-order valence-corrected chi connectivity index (χ1v) is 8.42. The molecule has 1 aromatic heterocycles. The Morgan fingerprint density at radius 1 is 1.52 bits per heavy atom. The second-order valence-corrected chi connectivity index (χ2v) is 6.59. The molecule has 2 aromatic rings. The zero-order valence-electron chi connectivity index (χ0n) is 12.0. The highest BCUT2D eigenvalue weighted by Gasteiger charge is 2.22. The molecule has 0 aliphatic carbocycles. The Kier molecular flexibility index (Phi) is 4.86. The van der Waals surface area contributed by atoms with Crippen LogP contribution in [0.15, 0.2) is 24.4 Å². The molecule has 2 amide bonds. The Morgan fingerprint density at radius 3 is 3.13 bits per heavy atom. The molecule has 1 saturated heterocycles. The molecule has 6 nitrogen and oxygen atoms in total. The van der Waals surface area contributed by atoms with Crippen molar-refractivity contribution >= 4 is 56.9 Å². The van der Waals surface area contributed by atoms with Crippen LogP contribution in [-0.4, -0.2) is 47.9 Å². The lowest BCUT2D eigenvalue weighted by Gasteiger charge is -2.26. The van der Waals surface area contributed by atoms with Gasteiger partial charge < -0.3 is 15.0 Å². The first-order valence-electron chi connectivity index (χ1n) is 6.96. The first kappa shape index (κ1) is 16.3. The maximum Gasteiger partial charge on any atom is 0.261 e. The van der Waals surface area contributed by atoms with Gasteiger partial charge in [-0.15, -0.1) is 0 Å². The zero-order chi connectivity index (χ0) is 16.4. The summed E-state index contributed by atoms with van der Waals surface area (Å²) in [6.07, 6.45) is 1.65. The van der Waals surface area contributed by atoms with E-state index in [2.05, 4.69) is 32.9 Å². The average Bonchev–Trinajstić information content (AvgIpc) is 2.54. The fourth-order valence-corrected chi connectivity index (χ4v) is 3.53. The van der Waals surface area contributed by atoms with Crippen LogP contribution in [0.5, 0.6) is 5.75 Å². The zero-order valence-corrected chi connectivity index (χ0v) is 14.9. The fraction of sp³-hybridized carbons (Fsp3) is 0.267. The van der Waals surface area contributed by atoms with Crippen molar-refractivity contribution < 1.29 is 14.3 Å². The van der Waals surface area contributed by atoms with Gasteiger partial charge in [-0.05, 0) is 40.8 Å². The van der Waals surface area contributed by atoms with E-state index in [1.54, 1.807) is 18.3 Å². The minimum absolute atomic E-state index is 0.0684. The number of benzene rings is 1. The molecule has 120 valence electrons. The van der Waals surface area contributed by atoms with E-state index in [1.165, 1.54) is 4.90 Å². The second-order valence-electron chi connectivity index (χ2n) is 5.02. The number of nitrogens with zero attached hydrogens (tertiary/aromatic N) is 2. The van der Waals surface area contributed by atoms with Crippen LogP contribution in [0.1, 0.15) is 0 Å². The van der Waals surface area contributed by atoms with Crippen LogP contribution in [0.3, 0.4) is 0 Å². The van der Waals surface area contributed by atoms with Gasteiger partial charge >= 0.3 is 0 Å². The van der Waals surface area contributed by atoms with Gasteiger partial charge in [0.05, 0.1) is 15.1 Å². The minimum Gasteiger partial charge on any atom is -0.480 e. The lowest BCUT2D eigenvalue weighted by atomic mass is 10.2. The topological polar surface area (TPSA) is 71.5 Å². The molecule has 0 saturated carbocycles. The maximum atomic E-state index is 12.2. The monoisotopic (exact) mass is 445 g/mol. The molecule has 0 radical (unpaired) electrons. The average molecular weight is 446 g/mol.